The highest BCUT2D eigenvalue weighted by Gasteiger charge is 2.36. The van der Waals surface area contributed by atoms with E-state index in [4.69, 9.17) is 0 Å². The fraction of sp³-hybridized carbons (Fsp3) is 0.364. The van der Waals surface area contributed by atoms with Crippen LogP contribution in [0.4, 0.5) is 0 Å². The molecule has 4 rings (SSSR count). The first-order chi connectivity index (χ1) is 13.1. The maximum atomic E-state index is 13.0. The molecule has 27 heavy (non-hydrogen) atoms. The molecule has 5 nitrogen and oxygen atoms in total. The Morgan fingerprint density at radius 2 is 1.70 bits per heavy atom. The van der Waals surface area contributed by atoms with Crippen LogP contribution in [0.5, 0.6) is 0 Å². The lowest BCUT2D eigenvalue weighted by atomic mass is 9.72. The number of fused-ring (bicyclic) bond motifs is 1. The van der Waals surface area contributed by atoms with Gasteiger partial charge in [0, 0.05) is 24.4 Å². The van der Waals surface area contributed by atoms with Crippen LogP contribution in [0.15, 0.2) is 54.6 Å². The van der Waals surface area contributed by atoms with Crippen LogP contribution in [0.3, 0.4) is 0 Å². The number of carbonyl (C=O) groups excluding carboxylic acids is 1. The average Bonchev–Trinajstić information content (AvgIpc) is 3.05. The van der Waals surface area contributed by atoms with E-state index in [2.05, 4.69) is 46.6 Å². The van der Waals surface area contributed by atoms with Crippen LogP contribution in [0.1, 0.15) is 28.9 Å². The summed E-state index contributed by atoms with van der Waals surface area (Å²) >= 11 is 0. The van der Waals surface area contributed by atoms with E-state index >= 15 is 0 Å². The van der Waals surface area contributed by atoms with Gasteiger partial charge in [0.1, 0.15) is 0 Å². The molecule has 2 heterocycles. The normalized spacial score (nSPS) is 17.1. The van der Waals surface area contributed by atoms with E-state index in [0.717, 1.165) is 36.8 Å². The van der Waals surface area contributed by atoms with Crippen molar-refractivity contribution in [3.8, 4) is 0 Å². The molecule has 1 fully saturated rings. The summed E-state index contributed by atoms with van der Waals surface area (Å²) in [6.07, 6.45) is 2.08. The van der Waals surface area contributed by atoms with Crippen LogP contribution < -0.4 is 5.32 Å². The Hall–Kier alpha value is -2.66. The minimum absolute atomic E-state index is 0.0198. The predicted molar refractivity (Wildman–Crippen MR) is 108 cm³/mol. The third-order valence-electron chi connectivity index (χ3n) is 5.89. The number of aromatic nitrogens is 2. The number of nitrogens with zero attached hydrogens (tertiary/aromatic N) is 3. The van der Waals surface area contributed by atoms with Crippen molar-refractivity contribution >= 4 is 16.8 Å². The van der Waals surface area contributed by atoms with Gasteiger partial charge in [-0.3, -0.25) is 9.48 Å². The Balaban J connectivity index is 1.58. The van der Waals surface area contributed by atoms with Gasteiger partial charge in [-0.1, -0.05) is 48.5 Å². The Morgan fingerprint density at radius 1 is 1.04 bits per heavy atom. The van der Waals surface area contributed by atoms with Crippen molar-refractivity contribution in [1.29, 1.82) is 0 Å². The van der Waals surface area contributed by atoms with Crippen molar-refractivity contribution in [3.63, 3.8) is 0 Å². The molecule has 0 atom stereocenters. The topological polar surface area (TPSA) is 50.2 Å². The highest BCUT2D eigenvalue weighted by atomic mass is 16.1. The summed E-state index contributed by atoms with van der Waals surface area (Å²) in [5, 5.41) is 8.55. The van der Waals surface area contributed by atoms with E-state index in [0.29, 0.717) is 12.2 Å². The summed E-state index contributed by atoms with van der Waals surface area (Å²) in [6.45, 7) is 2.71. The van der Waals surface area contributed by atoms with Crippen molar-refractivity contribution in [2.24, 2.45) is 7.05 Å². The molecule has 0 aliphatic carbocycles. The first kappa shape index (κ1) is 17.7. The van der Waals surface area contributed by atoms with Crippen molar-refractivity contribution in [1.82, 2.24) is 20.0 Å². The fourth-order valence-corrected chi connectivity index (χ4v) is 4.12. The van der Waals surface area contributed by atoms with Gasteiger partial charge in [-0.25, -0.2) is 0 Å². The molecule has 3 aromatic rings. The molecule has 5 heteroatoms. The molecule has 0 radical (unpaired) electrons. The monoisotopic (exact) mass is 362 g/mol. The summed E-state index contributed by atoms with van der Waals surface area (Å²) < 4.78 is 1.77. The van der Waals surface area contributed by atoms with E-state index in [1.807, 2.05) is 37.4 Å². The first-order valence-electron chi connectivity index (χ1n) is 9.53. The highest BCUT2D eigenvalue weighted by Crippen LogP contribution is 2.34. The number of benzene rings is 2. The number of nitrogens with one attached hydrogen (secondary N) is 1. The summed E-state index contributed by atoms with van der Waals surface area (Å²) in [4.78, 5) is 15.3. The number of amides is 1. The maximum absolute atomic E-state index is 13.0. The Morgan fingerprint density at radius 3 is 2.44 bits per heavy atom. The number of hydrogen-bond donors (Lipinski definition) is 1. The predicted octanol–water partition coefficient (Wildman–Crippen LogP) is 2.97. The molecule has 2 aromatic carbocycles. The molecule has 0 spiro atoms. The Kier molecular flexibility index (Phi) is 4.70. The van der Waals surface area contributed by atoms with Gasteiger partial charge in [0.15, 0.2) is 5.69 Å². The van der Waals surface area contributed by atoms with Gasteiger partial charge in [0.25, 0.3) is 5.91 Å². The zero-order valence-corrected chi connectivity index (χ0v) is 16.0. The smallest absolute Gasteiger partial charge is 0.272 e. The molecule has 0 unspecified atom stereocenters. The lowest BCUT2D eigenvalue weighted by Crippen LogP contribution is -2.48. The molecule has 0 saturated carbocycles. The van der Waals surface area contributed by atoms with Gasteiger partial charge in [0.2, 0.25) is 0 Å². The third-order valence-corrected chi connectivity index (χ3v) is 5.89. The largest absolute Gasteiger partial charge is 0.350 e. The van der Waals surface area contributed by atoms with Crippen molar-refractivity contribution in [2.75, 3.05) is 26.7 Å². The third kappa shape index (κ3) is 3.35. The minimum Gasteiger partial charge on any atom is -0.350 e. The van der Waals surface area contributed by atoms with Crippen molar-refractivity contribution in [2.45, 2.75) is 18.3 Å². The lowest BCUT2D eigenvalue weighted by molar-refractivity contribution is 0.0923. The van der Waals surface area contributed by atoms with Crippen molar-refractivity contribution in [3.05, 3.63) is 65.9 Å². The number of likely N-dealkylation sites (tertiary alicyclic amines) is 1. The number of aryl methyl sites for hydroxylation is 1. The van der Waals surface area contributed by atoms with Crippen LogP contribution in [-0.4, -0.2) is 47.3 Å². The Bertz CT molecular complexity index is 939. The van der Waals surface area contributed by atoms with E-state index in [-0.39, 0.29) is 11.3 Å². The number of carbonyl (C=O) groups is 1. The standard InChI is InChI=1S/C22H26N4O/c1-25-14-12-22(13-15-25,17-8-4-3-5-9-17)16-23-21(27)20-18-10-6-7-11-19(18)26(2)24-20/h3-11H,12-16H2,1-2H3,(H,23,27). The zero-order valence-electron chi connectivity index (χ0n) is 16.0. The summed E-state index contributed by atoms with van der Waals surface area (Å²) in [7, 11) is 4.04. The van der Waals surface area contributed by atoms with Crippen LogP contribution in [-0.2, 0) is 12.5 Å². The van der Waals surface area contributed by atoms with Gasteiger partial charge < -0.3 is 10.2 Å². The number of rotatable bonds is 4. The van der Waals surface area contributed by atoms with Gasteiger partial charge >= 0.3 is 0 Å². The second kappa shape index (κ2) is 7.16. The lowest BCUT2D eigenvalue weighted by Gasteiger charge is -2.41. The summed E-state index contributed by atoms with van der Waals surface area (Å²) in [5.41, 5.74) is 2.77. The molecule has 1 N–H and O–H groups in total. The van der Waals surface area contributed by atoms with Gasteiger partial charge in [-0.05, 0) is 44.6 Å². The zero-order chi connectivity index (χ0) is 18.9. The highest BCUT2D eigenvalue weighted by molar-refractivity contribution is 6.04. The summed E-state index contributed by atoms with van der Waals surface area (Å²) in [6, 6.07) is 18.5. The van der Waals surface area contributed by atoms with Crippen LogP contribution in [0, 0.1) is 0 Å². The Labute approximate surface area is 160 Å². The second-order valence-corrected chi connectivity index (χ2v) is 7.62. The average molecular weight is 362 g/mol. The van der Waals surface area contributed by atoms with Crippen molar-refractivity contribution < 1.29 is 4.79 Å². The van der Waals surface area contributed by atoms with E-state index < -0.39 is 0 Å². The van der Waals surface area contributed by atoms with E-state index in [9.17, 15) is 4.79 Å². The molecule has 1 aliphatic rings. The number of para-hydroxylation sites is 1. The van der Waals surface area contributed by atoms with E-state index in [1.165, 1.54) is 5.56 Å². The molecule has 140 valence electrons. The molecular formula is C22H26N4O. The number of hydrogen-bond acceptors (Lipinski definition) is 3. The molecular weight excluding hydrogens is 336 g/mol. The SMILES string of the molecule is CN1CCC(CNC(=O)c2nn(C)c3ccccc23)(c2ccccc2)CC1. The van der Waals surface area contributed by atoms with E-state index in [1.54, 1.807) is 4.68 Å². The fourth-order valence-electron chi connectivity index (χ4n) is 4.12. The quantitative estimate of drug-likeness (QED) is 0.776. The molecule has 1 aromatic heterocycles. The first-order valence-corrected chi connectivity index (χ1v) is 9.53. The van der Waals surface area contributed by atoms with Gasteiger partial charge in [0.05, 0.1) is 5.52 Å². The number of piperidine rings is 1. The second-order valence-electron chi connectivity index (χ2n) is 7.62. The van der Waals surface area contributed by atoms with Crippen LogP contribution >= 0.6 is 0 Å². The van der Waals surface area contributed by atoms with Crippen LogP contribution in [0.25, 0.3) is 10.9 Å². The molecule has 1 saturated heterocycles. The maximum Gasteiger partial charge on any atom is 0.272 e. The molecule has 0 bridgehead atoms. The van der Waals surface area contributed by atoms with Gasteiger partial charge in [-0.2, -0.15) is 5.10 Å². The molecule has 1 amide bonds. The van der Waals surface area contributed by atoms with Crippen LogP contribution in [0.2, 0.25) is 0 Å². The van der Waals surface area contributed by atoms with Gasteiger partial charge in [-0.15, -0.1) is 0 Å². The molecule has 1 aliphatic heterocycles. The minimum atomic E-state index is -0.0963. The summed E-state index contributed by atoms with van der Waals surface area (Å²) in [5.74, 6) is -0.0963.